The smallest absolute Gasteiger partial charge is 0.305 e. The van der Waals surface area contributed by atoms with Crippen molar-refractivity contribution < 1.29 is 130 Å². The summed E-state index contributed by atoms with van der Waals surface area (Å²) >= 11 is 0.546. The molecule has 3 aliphatic rings. The number of phenolic OH excluding ortho intramolecular Hbond substituents is 2. The van der Waals surface area contributed by atoms with Crippen LogP contribution in [-0.4, -0.2) is 304 Å². The number of aromatic hydroxyl groups is 2. The van der Waals surface area contributed by atoms with Gasteiger partial charge < -0.3 is 114 Å². The van der Waals surface area contributed by atoms with Gasteiger partial charge in [-0.05, 0) is 108 Å². The zero-order chi connectivity index (χ0) is 99.6. The van der Waals surface area contributed by atoms with E-state index in [0.29, 0.717) is 52.3 Å². The maximum Gasteiger partial charge on any atom is 0.305 e. The maximum absolute atomic E-state index is 15.7. The number of phenols is 2. The Morgan fingerprint density at radius 3 is 1.65 bits per heavy atom. The molecule has 0 aliphatic carbocycles. The number of aliphatic hydroxyl groups is 1. The van der Waals surface area contributed by atoms with E-state index in [0.717, 1.165) is 31.5 Å². The minimum atomic E-state index is -2.02. The van der Waals surface area contributed by atoms with E-state index in [1.807, 2.05) is 0 Å². The Morgan fingerprint density at radius 2 is 1.04 bits per heavy atom. The van der Waals surface area contributed by atoms with Crippen LogP contribution in [0.25, 0.3) is 10.9 Å². The summed E-state index contributed by atoms with van der Waals surface area (Å²) in [5, 5.41) is 85.6. The number of nitrogens with one attached hydrogen (secondary N) is 10. The summed E-state index contributed by atoms with van der Waals surface area (Å²) in [5.74, 6) is -29.8. The van der Waals surface area contributed by atoms with Gasteiger partial charge >= 0.3 is 17.9 Å². The minimum absolute atomic E-state index is 0.104. The van der Waals surface area contributed by atoms with Gasteiger partial charge in [0.05, 0.1) is 24.8 Å². The van der Waals surface area contributed by atoms with Gasteiger partial charge in [-0.2, -0.15) is 0 Å². The molecule has 44 heteroatoms. The number of likely N-dealkylation sites (N-methyl/N-ethyl adjacent to an activating group) is 3. The number of aliphatic hydroxyl groups excluding tert-OH is 1. The number of amides is 15. The quantitative estimate of drug-likeness (QED) is 0.0341. The summed E-state index contributed by atoms with van der Waals surface area (Å²) in [6.45, 7) is 3.04. The molecule has 18 N–H and O–H groups in total. The molecular formula is C92H113F3N16O24S. The van der Waals surface area contributed by atoms with Crippen molar-refractivity contribution in [1.82, 2.24) is 77.3 Å². The number of aliphatic carboxylic acids is 3. The predicted octanol–water partition coefficient (Wildman–Crippen LogP) is 0.221. The van der Waals surface area contributed by atoms with E-state index < -0.39 is 309 Å². The molecule has 40 nitrogen and oxygen atoms in total. The number of para-hydroxylation sites is 1. The largest absolute Gasteiger partial charge is 0.508 e. The summed E-state index contributed by atoms with van der Waals surface area (Å²) in [6, 6.07) is 2.90. The van der Waals surface area contributed by atoms with Gasteiger partial charge in [0.25, 0.3) is 0 Å². The molecule has 9 rings (SSSR count). The first-order chi connectivity index (χ1) is 64.5. The van der Waals surface area contributed by atoms with E-state index in [1.165, 1.54) is 82.7 Å². The first-order valence-corrected chi connectivity index (χ1v) is 45.2. The number of primary amides is 1. The number of carbonyl (C=O) groups excluding carboxylic acids is 15. The molecule has 0 spiro atoms. The second kappa shape index (κ2) is 49.2. The number of nitrogens with zero attached hydrogens (tertiary/aromatic N) is 5. The molecule has 1 unspecified atom stereocenters. The molecule has 0 saturated carbocycles. The second-order valence-corrected chi connectivity index (χ2v) is 35.1. The van der Waals surface area contributed by atoms with Crippen LogP contribution in [0.3, 0.4) is 0 Å². The van der Waals surface area contributed by atoms with Crippen LogP contribution >= 0.6 is 11.8 Å². The van der Waals surface area contributed by atoms with Crippen molar-refractivity contribution >= 4 is 129 Å². The number of unbranched alkanes of at least 4 members (excludes halogenated alkanes) is 1. The van der Waals surface area contributed by atoms with Crippen molar-refractivity contribution in [2.45, 2.75) is 208 Å². The third kappa shape index (κ3) is 29.2. The van der Waals surface area contributed by atoms with Crippen LogP contribution in [0.5, 0.6) is 11.5 Å². The first kappa shape index (κ1) is 105. The number of aromatic amines is 1. The number of aromatic nitrogens is 1. The molecule has 6 aromatic rings. The molecule has 4 heterocycles. The lowest BCUT2D eigenvalue weighted by atomic mass is 9.98. The summed E-state index contributed by atoms with van der Waals surface area (Å²) in [5.41, 5.74) is 6.74. The lowest BCUT2D eigenvalue weighted by molar-refractivity contribution is -0.152. The molecule has 15 amide bonds. The van der Waals surface area contributed by atoms with E-state index in [4.69, 9.17) is 5.73 Å². The molecule has 732 valence electrons. The summed E-state index contributed by atoms with van der Waals surface area (Å²) in [6.07, 6.45) is -6.97. The number of hydrogen-bond donors (Lipinski definition) is 17. The normalized spacial score (nSPS) is 23.8. The molecule has 1 aromatic heterocycles. The Labute approximate surface area is 783 Å². The number of halogens is 3. The van der Waals surface area contributed by atoms with E-state index in [2.05, 4.69) is 52.8 Å². The SMILES string of the molecule is CCCC[C@H]1C(=O)N2CCC[C@@H]2C(=O)N[C@@H](CC(=O)O)C(=O)N[C@@H](C(C)C)C(=O)N(C)[C@@H](Cc2ccccc2)C(=O)N[C@@H](CCC(=O)O)C(=O)N2C[C@H](O)C[C@@H]2C(=O)NC(Cc2c[nH]c3ccccc23)C(=O)N[C@@H](Cc2ccc(O)cc2)C(=O)N[C@@H](CCC(=O)O)C(=O)N[C@H](C(=O)NCC(N)=O)CSCC(=O)N[C@@H](Cc2cc(F)c(F)c(F)c2)C(=O)N(C)[C@@H](Cc2ccc(O)cc2)C(=O)N1C. The maximum atomic E-state index is 15.7. The summed E-state index contributed by atoms with van der Waals surface area (Å²) in [4.78, 5) is 270. The van der Waals surface area contributed by atoms with Crippen LogP contribution in [0.2, 0.25) is 0 Å². The number of carbonyl (C=O) groups is 18. The Balaban J connectivity index is 1.15. The molecule has 5 aromatic carbocycles. The minimum Gasteiger partial charge on any atom is -0.508 e. The zero-order valence-corrected chi connectivity index (χ0v) is 76.3. The van der Waals surface area contributed by atoms with Crippen molar-refractivity contribution in [2.24, 2.45) is 11.7 Å². The highest BCUT2D eigenvalue weighted by Gasteiger charge is 2.48. The third-order valence-electron chi connectivity index (χ3n) is 23.7. The van der Waals surface area contributed by atoms with Crippen molar-refractivity contribution in [3.63, 3.8) is 0 Å². The third-order valence-corrected chi connectivity index (χ3v) is 24.8. The standard InChI is InChI=1S/C92H113F3N16O24S/c1-7-8-19-69-91(134)110-33-14-20-68(110)85(128)104-65(42-77(121)122)84(127)106-79(48(2)3)92(135)108(5)70(38-49-15-10-9-11-16-49)86(129)101-62(30-32-76(119)120)89(132)111-45-56(114)41-71(111)87(130)103-64(40-53-43-97-60-18-13-12-17-57(53)60)83(126)102-63(36-50-21-25-54(112)26-22-50)82(125)100-61(29-31-75(117)118)81(124)105-67(80(123)98-44-73(96)115)46-136-47-74(116)99-66(37-52-34-58(93)78(95)59(94)35-52)88(131)109(6)72(90(133)107(69)4)39-51-23-27-55(113)28-24-51/h9-13,15-18,21-28,34-35,43,48,56,61-72,79,97,112-114H,7-8,14,19-20,29-33,36-42,44-47H2,1-6H3,(H2,96,115)(H,98,123)(H,99,116)(H,100,125)(H,101,129)(H,102,126)(H,103,130)(H,104,128)(H,105,124)(H,106,127)(H,117,118)(H,119,120)(H,121,122)/t56-,61+,62+,63+,64?,65+,66+,67+,68-,69+,70+,71-,72+,79+/m1/s1. The number of nitrogens with two attached hydrogens (primary N) is 1. The van der Waals surface area contributed by atoms with E-state index in [9.17, 15) is 78.2 Å². The Morgan fingerprint density at radius 1 is 0.515 bits per heavy atom. The Hall–Kier alpha value is -14.2. The van der Waals surface area contributed by atoms with Gasteiger partial charge in [-0.1, -0.05) is 106 Å². The molecular weight excluding hydrogens is 1800 g/mol. The number of hydrogen-bond acceptors (Lipinski definition) is 22. The van der Waals surface area contributed by atoms with Gasteiger partial charge in [-0.15, -0.1) is 11.8 Å². The van der Waals surface area contributed by atoms with Crippen LogP contribution in [0.4, 0.5) is 13.2 Å². The van der Waals surface area contributed by atoms with Gasteiger partial charge in [0, 0.05) is 108 Å². The van der Waals surface area contributed by atoms with E-state index >= 15 is 51.9 Å². The Bertz CT molecular complexity index is 5370. The molecule has 14 atom stereocenters. The topological polar surface area (TPSA) is 595 Å². The number of H-pyrrole nitrogens is 1. The molecule has 3 fully saturated rings. The second-order valence-electron chi connectivity index (χ2n) is 34.1. The van der Waals surface area contributed by atoms with Crippen LogP contribution in [-0.2, 0) is 118 Å². The van der Waals surface area contributed by atoms with Crippen LogP contribution in [0.1, 0.15) is 119 Å². The van der Waals surface area contributed by atoms with Crippen LogP contribution in [0.15, 0.2) is 121 Å². The molecule has 0 bridgehead atoms. The number of fused-ring (bicyclic) bond motifs is 3. The summed E-state index contributed by atoms with van der Waals surface area (Å²) in [7, 11) is 3.50. The molecule has 3 aliphatic heterocycles. The highest BCUT2D eigenvalue weighted by atomic mass is 32.2. The van der Waals surface area contributed by atoms with E-state index in [-0.39, 0.29) is 61.3 Å². The number of benzene rings is 5. The van der Waals surface area contributed by atoms with Crippen molar-refractivity contribution in [2.75, 3.05) is 52.3 Å². The number of carboxylic acid groups (broad SMARTS) is 3. The molecule has 136 heavy (non-hydrogen) atoms. The molecule has 3 saturated heterocycles. The predicted molar refractivity (Wildman–Crippen MR) is 482 cm³/mol. The fourth-order valence-corrected chi connectivity index (χ4v) is 17.2. The fourth-order valence-electron chi connectivity index (χ4n) is 16.3. The van der Waals surface area contributed by atoms with Crippen molar-refractivity contribution in [3.8, 4) is 11.5 Å². The van der Waals surface area contributed by atoms with Gasteiger partial charge in [0.1, 0.15) is 90.0 Å². The zero-order valence-electron chi connectivity index (χ0n) is 75.4. The van der Waals surface area contributed by atoms with Crippen LogP contribution < -0.4 is 53.6 Å². The number of carboxylic acids is 3. The van der Waals surface area contributed by atoms with E-state index in [1.54, 1.807) is 61.5 Å². The highest BCUT2D eigenvalue weighted by Crippen LogP contribution is 2.29. The Kier molecular flexibility index (Phi) is 38.1. The van der Waals surface area contributed by atoms with Crippen LogP contribution in [0, 0.1) is 23.4 Å². The van der Waals surface area contributed by atoms with Gasteiger partial charge in [0.2, 0.25) is 88.6 Å². The lowest BCUT2D eigenvalue weighted by Crippen LogP contribution is -2.62. The van der Waals surface area contributed by atoms with Gasteiger partial charge in [-0.25, -0.2) is 13.2 Å². The van der Waals surface area contributed by atoms with Crippen molar-refractivity contribution in [1.29, 1.82) is 0 Å². The van der Waals surface area contributed by atoms with Crippen molar-refractivity contribution in [3.05, 3.63) is 167 Å². The van der Waals surface area contributed by atoms with Gasteiger partial charge in [0.15, 0.2) is 17.5 Å². The highest BCUT2D eigenvalue weighted by molar-refractivity contribution is 8.00. The number of rotatable bonds is 25. The average molecular weight is 1920 g/mol. The average Bonchev–Trinajstić information content (AvgIpc) is 1.45. The monoisotopic (exact) mass is 1910 g/mol. The van der Waals surface area contributed by atoms with Gasteiger partial charge in [-0.3, -0.25) is 86.3 Å². The number of thioether (sulfide) groups is 1. The fraction of sp³-hybridized carbons (Fsp3) is 0.457. The first-order valence-electron chi connectivity index (χ1n) is 44.1. The summed E-state index contributed by atoms with van der Waals surface area (Å²) < 4.78 is 45.1. The lowest BCUT2D eigenvalue weighted by Gasteiger charge is -2.38. The molecule has 0 radical (unpaired) electrons.